The Morgan fingerprint density at radius 3 is 1.60 bits per heavy atom. The van der Waals surface area contributed by atoms with E-state index in [0.717, 1.165) is 5.69 Å². The Bertz CT molecular complexity index is 2920. The fraction of sp³-hybridized carbons (Fsp3) is 0. The molecule has 0 bridgehead atoms. The molecule has 0 saturated heterocycles. The molecular weight excluding hydrogens is 546 g/mol. The Hall–Kier alpha value is -6.06. The van der Waals surface area contributed by atoms with Crippen molar-refractivity contribution in [1.82, 2.24) is 13.5 Å². The van der Waals surface area contributed by atoms with Gasteiger partial charge in [0.2, 0.25) is 0 Å². The molecular formula is C42H25N3. The number of aromatic nitrogens is 3. The Morgan fingerprint density at radius 2 is 0.844 bits per heavy atom. The summed E-state index contributed by atoms with van der Waals surface area (Å²) in [6, 6.07) is 55.6. The van der Waals surface area contributed by atoms with Crippen molar-refractivity contribution in [2.45, 2.75) is 0 Å². The van der Waals surface area contributed by atoms with Crippen molar-refractivity contribution in [2.75, 3.05) is 0 Å². The lowest BCUT2D eigenvalue weighted by atomic mass is 10.1. The van der Waals surface area contributed by atoms with Gasteiger partial charge in [-0.25, -0.2) is 0 Å². The lowest BCUT2D eigenvalue weighted by Crippen LogP contribution is -1.97. The van der Waals surface area contributed by atoms with E-state index in [1.54, 1.807) is 0 Å². The third-order valence-corrected chi connectivity index (χ3v) is 9.95. The quantitative estimate of drug-likeness (QED) is 0.196. The van der Waals surface area contributed by atoms with Gasteiger partial charge in [0.15, 0.2) is 0 Å². The highest BCUT2D eigenvalue weighted by molar-refractivity contribution is 6.31. The van der Waals surface area contributed by atoms with Crippen LogP contribution in [0.3, 0.4) is 0 Å². The van der Waals surface area contributed by atoms with Crippen molar-refractivity contribution >= 4 is 81.7 Å². The van der Waals surface area contributed by atoms with E-state index in [1.165, 1.54) is 87.4 Å². The summed E-state index contributed by atoms with van der Waals surface area (Å²) in [4.78, 5) is 0. The van der Waals surface area contributed by atoms with Crippen molar-refractivity contribution in [2.24, 2.45) is 0 Å². The van der Waals surface area contributed by atoms with Crippen molar-refractivity contribution in [3.8, 4) is 11.4 Å². The maximum atomic E-state index is 2.49. The van der Waals surface area contributed by atoms with Crippen LogP contribution in [0, 0.1) is 0 Å². The van der Waals surface area contributed by atoms with E-state index < -0.39 is 0 Å². The molecule has 0 aliphatic heterocycles. The Morgan fingerprint density at radius 1 is 0.289 bits per heavy atom. The van der Waals surface area contributed by atoms with Gasteiger partial charge in [0.1, 0.15) is 0 Å². The predicted molar refractivity (Wildman–Crippen MR) is 190 cm³/mol. The van der Waals surface area contributed by atoms with E-state index in [4.69, 9.17) is 0 Å². The Balaban J connectivity index is 1.34. The SMILES string of the molecule is c1ccc(-n2c3cc(-n4c5ccccc5c5ccccc54)ccc3c3ccc4c(c5cccc6c7ccccc7n4c65)c32)cc1. The highest BCUT2D eigenvalue weighted by Crippen LogP contribution is 2.45. The first kappa shape index (κ1) is 23.4. The van der Waals surface area contributed by atoms with Crippen LogP contribution in [0.2, 0.25) is 0 Å². The van der Waals surface area contributed by atoms with Crippen LogP contribution in [-0.4, -0.2) is 13.5 Å². The van der Waals surface area contributed by atoms with E-state index in [0.29, 0.717) is 0 Å². The van der Waals surface area contributed by atoms with Crippen molar-refractivity contribution in [3.63, 3.8) is 0 Å². The fourth-order valence-electron chi connectivity index (χ4n) is 8.19. The molecule has 0 spiro atoms. The number of hydrogen-bond donors (Lipinski definition) is 0. The minimum Gasteiger partial charge on any atom is -0.309 e. The lowest BCUT2D eigenvalue weighted by molar-refractivity contribution is 1.16. The molecule has 0 saturated carbocycles. The normalized spacial score (nSPS) is 12.4. The zero-order chi connectivity index (χ0) is 29.2. The number of para-hydroxylation sites is 5. The summed E-state index contributed by atoms with van der Waals surface area (Å²) in [5.41, 5.74) is 11.0. The van der Waals surface area contributed by atoms with Gasteiger partial charge in [0.05, 0.1) is 38.6 Å². The molecule has 45 heavy (non-hydrogen) atoms. The van der Waals surface area contributed by atoms with E-state index in [9.17, 15) is 0 Å². The topological polar surface area (TPSA) is 14.3 Å². The van der Waals surface area contributed by atoms with Crippen LogP contribution < -0.4 is 0 Å². The Labute approximate surface area is 257 Å². The molecule has 0 aliphatic rings. The van der Waals surface area contributed by atoms with Gasteiger partial charge in [-0.3, -0.25) is 0 Å². The van der Waals surface area contributed by atoms with E-state index >= 15 is 0 Å². The molecule has 11 rings (SSSR count). The largest absolute Gasteiger partial charge is 0.309 e. The van der Waals surface area contributed by atoms with Crippen molar-refractivity contribution in [1.29, 1.82) is 0 Å². The van der Waals surface area contributed by atoms with Crippen LogP contribution in [0.15, 0.2) is 152 Å². The van der Waals surface area contributed by atoms with Crippen LogP contribution in [0.1, 0.15) is 0 Å². The van der Waals surface area contributed by atoms with Crippen LogP contribution >= 0.6 is 0 Å². The molecule has 0 N–H and O–H groups in total. The molecule has 4 heterocycles. The summed E-state index contributed by atoms with van der Waals surface area (Å²) in [5.74, 6) is 0. The maximum absolute atomic E-state index is 2.49. The van der Waals surface area contributed by atoms with Gasteiger partial charge in [-0.15, -0.1) is 0 Å². The van der Waals surface area contributed by atoms with Gasteiger partial charge in [0.25, 0.3) is 0 Å². The summed E-state index contributed by atoms with van der Waals surface area (Å²) in [6.45, 7) is 0. The number of hydrogen-bond acceptors (Lipinski definition) is 0. The third kappa shape index (κ3) is 2.86. The van der Waals surface area contributed by atoms with Crippen molar-refractivity contribution < 1.29 is 0 Å². The van der Waals surface area contributed by atoms with Crippen LogP contribution in [0.4, 0.5) is 0 Å². The summed E-state index contributed by atoms with van der Waals surface area (Å²) in [7, 11) is 0. The number of nitrogens with zero attached hydrogens (tertiary/aromatic N) is 3. The predicted octanol–water partition coefficient (Wildman–Crippen LogP) is 11.0. The van der Waals surface area contributed by atoms with Crippen LogP contribution in [0.5, 0.6) is 0 Å². The lowest BCUT2D eigenvalue weighted by Gasteiger charge is -2.11. The highest BCUT2D eigenvalue weighted by atomic mass is 15.0. The van der Waals surface area contributed by atoms with Gasteiger partial charge in [0, 0.05) is 54.5 Å². The molecule has 3 heteroatoms. The first-order chi connectivity index (χ1) is 22.4. The van der Waals surface area contributed by atoms with E-state index in [-0.39, 0.29) is 0 Å². The number of benzene rings is 7. The standard InChI is InChI=1S/C42H25N3/c1-2-11-26(12-3-1)44-39-25-27(43-35-18-7-4-13-28(35)29-14-5-8-19-36(29)43)21-22-31(39)33-23-24-38-40(42(33)44)34-17-10-16-32-30-15-6-9-20-37(30)45(38)41(32)34/h1-25H. The second-order valence-electron chi connectivity index (χ2n) is 12.2. The van der Waals surface area contributed by atoms with Gasteiger partial charge < -0.3 is 13.5 Å². The number of rotatable bonds is 2. The molecule has 0 radical (unpaired) electrons. The summed E-state index contributed by atoms with van der Waals surface area (Å²) in [6.07, 6.45) is 0. The fourth-order valence-corrected chi connectivity index (χ4v) is 8.19. The average molecular weight is 572 g/mol. The van der Waals surface area contributed by atoms with Gasteiger partial charge in [-0.05, 0) is 48.5 Å². The molecule has 0 aliphatic carbocycles. The average Bonchev–Trinajstić information content (AvgIpc) is 3.82. The summed E-state index contributed by atoms with van der Waals surface area (Å²) >= 11 is 0. The van der Waals surface area contributed by atoms with Gasteiger partial charge in [-0.2, -0.15) is 0 Å². The number of fused-ring (bicyclic) bond motifs is 13. The second-order valence-corrected chi connectivity index (χ2v) is 12.2. The molecule has 11 aromatic rings. The molecule has 0 amide bonds. The Kier molecular flexibility index (Phi) is 4.32. The molecule has 0 atom stereocenters. The molecule has 4 aromatic heterocycles. The molecule has 208 valence electrons. The van der Waals surface area contributed by atoms with Crippen LogP contribution in [0.25, 0.3) is 93.1 Å². The van der Waals surface area contributed by atoms with E-state index in [2.05, 4.69) is 165 Å². The summed E-state index contributed by atoms with van der Waals surface area (Å²) in [5, 5.41) is 10.3. The second kappa shape index (κ2) is 8.31. The smallest absolute Gasteiger partial charge is 0.0641 e. The molecule has 0 unspecified atom stereocenters. The summed E-state index contributed by atoms with van der Waals surface area (Å²) < 4.78 is 7.39. The molecule has 0 fully saturated rings. The first-order valence-electron chi connectivity index (χ1n) is 15.5. The zero-order valence-electron chi connectivity index (χ0n) is 24.3. The monoisotopic (exact) mass is 571 g/mol. The van der Waals surface area contributed by atoms with E-state index in [1.807, 2.05) is 0 Å². The van der Waals surface area contributed by atoms with Crippen LogP contribution in [-0.2, 0) is 0 Å². The maximum Gasteiger partial charge on any atom is 0.0641 e. The zero-order valence-corrected chi connectivity index (χ0v) is 24.3. The minimum absolute atomic E-state index is 1.16. The first-order valence-corrected chi connectivity index (χ1v) is 15.5. The third-order valence-electron chi connectivity index (χ3n) is 9.95. The molecule has 3 nitrogen and oxygen atoms in total. The minimum atomic E-state index is 1.16. The highest BCUT2D eigenvalue weighted by Gasteiger charge is 2.23. The van der Waals surface area contributed by atoms with Gasteiger partial charge >= 0.3 is 0 Å². The van der Waals surface area contributed by atoms with Crippen molar-refractivity contribution in [3.05, 3.63) is 152 Å². The molecule has 7 aromatic carbocycles. The van der Waals surface area contributed by atoms with Gasteiger partial charge in [-0.1, -0.05) is 103 Å².